The molecule has 2 heterocycles. The summed E-state index contributed by atoms with van der Waals surface area (Å²) in [6.07, 6.45) is 2.41. The minimum atomic E-state index is 0.174. The Morgan fingerprint density at radius 3 is 2.79 bits per heavy atom. The van der Waals surface area contributed by atoms with E-state index in [1.807, 2.05) is 36.4 Å². The highest BCUT2D eigenvalue weighted by atomic mass is 35.5. The smallest absolute Gasteiger partial charge is 0.234 e. The van der Waals surface area contributed by atoms with E-state index in [1.54, 1.807) is 6.20 Å². The average molecular weight is 269 g/mol. The fourth-order valence-electron chi connectivity index (χ4n) is 1.94. The highest BCUT2D eigenvalue weighted by Gasteiger charge is 2.05. The summed E-state index contributed by atoms with van der Waals surface area (Å²) in [7, 11) is 0. The van der Waals surface area contributed by atoms with Crippen molar-refractivity contribution >= 4 is 22.6 Å². The van der Waals surface area contributed by atoms with Gasteiger partial charge >= 0.3 is 0 Å². The first-order valence-corrected chi connectivity index (χ1v) is 6.11. The van der Waals surface area contributed by atoms with E-state index < -0.39 is 0 Å². The second-order valence-electron chi connectivity index (χ2n) is 4.21. The van der Waals surface area contributed by atoms with Gasteiger partial charge in [0.2, 0.25) is 5.82 Å². The number of aromatic nitrogens is 3. The van der Waals surface area contributed by atoms with Gasteiger partial charge in [-0.05, 0) is 23.8 Å². The number of hydrogen-bond acceptors (Lipinski definition) is 3. The van der Waals surface area contributed by atoms with Crippen LogP contribution in [0.2, 0.25) is 5.02 Å². The Morgan fingerprint density at radius 2 is 2.05 bits per heavy atom. The molecule has 0 aliphatic carbocycles. The van der Waals surface area contributed by atoms with Crippen molar-refractivity contribution in [3.8, 4) is 6.07 Å². The molecule has 0 radical (unpaired) electrons. The number of halogens is 1. The summed E-state index contributed by atoms with van der Waals surface area (Å²) in [5.41, 5.74) is 2.88. The molecular formula is C14H9ClN4. The summed E-state index contributed by atoms with van der Waals surface area (Å²) in [5.74, 6) is 0.174. The van der Waals surface area contributed by atoms with Crippen LogP contribution in [0.3, 0.4) is 0 Å². The Bertz CT molecular complexity index is 768. The third kappa shape index (κ3) is 2.42. The molecule has 0 saturated heterocycles. The molecule has 0 fully saturated rings. The van der Waals surface area contributed by atoms with E-state index in [0.29, 0.717) is 5.65 Å². The largest absolute Gasteiger partial charge is 0.343 e. The highest BCUT2D eigenvalue weighted by Crippen LogP contribution is 2.17. The quantitative estimate of drug-likeness (QED) is 0.777. The van der Waals surface area contributed by atoms with Gasteiger partial charge in [-0.15, -0.1) is 0 Å². The zero-order valence-electron chi connectivity index (χ0n) is 9.89. The molecule has 0 bridgehead atoms. The molecule has 0 spiro atoms. The fourth-order valence-corrected chi connectivity index (χ4v) is 2.07. The molecule has 4 nitrogen and oxygen atoms in total. The maximum absolute atomic E-state index is 8.76. The third-order valence-corrected chi connectivity index (χ3v) is 3.09. The van der Waals surface area contributed by atoms with Gasteiger partial charge in [0.25, 0.3) is 0 Å². The molecule has 0 atom stereocenters. The number of benzene rings is 1. The maximum atomic E-state index is 8.76. The van der Waals surface area contributed by atoms with Crippen molar-refractivity contribution in [1.29, 1.82) is 5.26 Å². The van der Waals surface area contributed by atoms with E-state index in [1.165, 1.54) is 0 Å². The standard InChI is InChI=1S/C14H9ClN4/c15-11-3-1-9(2-4-11)5-12-6-10-8-17-13(7-16)19-14(10)18-12/h1-4,6,8H,5H2,(H,17,18,19). The van der Waals surface area contributed by atoms with E-state index in [2.05, 4.69) is 15.0 Å². The second-order valence-corrected chi connectivity index (χ2v) is 4.64. The van der Waals surface area contributed by atoms with Crippen LogP contribution in [0, 0.1) is 11.3 Å². The van der Waals surface area contributed by atoms with Crippen molar-refractivity contribution in [2.24, 2.45) is 0 Å². The van der Waals surface area contributed by atoms with Crippen LogP contribution in [-0.4, -0.2) is 15.0 Å². The number of aromatic amines is 1. The predicted octanol–water partition coefficient (Wildman–Crippen LogP) is 3.07. The van der Waals surface area contributed by atoms with Crippen molar-refractivity contribution in [3.63, 3.8) is 0 Å². The highest BCUT2D eigenvalue weighted by molar-refractivity contribution is 6.30. The van der Waals surface area contributed by atoms with Gasteiger partial charge in [0.15, 0.2) is 0 Å². The van der Waals surface area contributed by atoms with Crippen LogP contribution in [0.5, 0.6) is 0 Å². The zero-order chi connectivity index (χ0) is 13.2. The number of nitriles is 1. The van der Waals surface area contributed by atoms with Crippen molar-refractivity contribution in [2.45, 2.75) is 6.42 Å². The SMILES string of the molecule is N#Cc1ncc2cc(Cc3ccc(Cl)cc3)[nH]c2n1. The number of nitrogens with one attached hydrogen (secondary N) is 1. The van der Waals surface area contributed by atoms with Crippen molar-refractivity contribution in [2.75, 3.05) is 0 Å². The lowest BCUT2D eigenvalue weighted by Crippen LogP contribution is -1.89. The van der Waals surface area contributed by atoms with E-state index in [0.717, 1.165) is 28.1 Å². The molecular weight excluding hydrogens is 260 g/mol. The summed E-state index contributed by atoms with van der Waals surface area (Å²) in [4.78, 5) is 11.3. The molecule has 1 N–H and O–H groups in total. The molecule has 0 unspecified atom stereocenters. The van der Waals surface area contributed by atoms with Crippen LogP contribution in [0.15, 0.2) is 36.5 Å². The normalized spacial score (nSPS) is 10.5. The van der Waals surface area contributed by atoms with Gasteiger partial charge in [-0.1, -0.05) is 23.7 Å². The van der Waals surface area contributed by atoms with E-state index >= 15 is 0 Å². The first-order valence-electron chi connectivity index (χ1n) is 5.74. The summed E-state index contributed by atoms with van der Waals surface area (Å²) in [6, 6.07) is 11.6. The Morgan fingerprint density at radius 1 is 1.26 bits per heavy atom. The molecule has 92 valence electrons. The molecule has 0 aliphatic rings. The number of H-pyrrole nitrogens is 1. The molecule has 3 aromatic rings. The summed E-state index contributed by atoms with van der Waals surface area (Å²) in [5, 5.41) is 10.4. The second kappa shape index (κ2) is 4.71. The first kappa shape index (κ1) is 11.7. The van der Waals surface area contributed by atoms with Crippen LogP contribution in [0.25, 0.3) is 11.0 Å². The Kier molecular flexibility index (Phi) is 2.90. The lowest BCUT2D eigenvalue weighted by molar-refractivity contribution is 1.09. The predicted molar refractivity (Wildman–Crippen MR) is 72.9 cm³/mol. The lowest BCUT2D eigenvalue weighted by atomic mass is 10.1. The van der Waals surface area contributed by atoms with Crippen molar-refractivity contribution in [3.05, 3.63) is 58.6 Å². The fraction of sp³-hybridized carbons (Fsp3) is 0.0714. The lowest BCUT2D eigenvalue weighted by Gasteiger charge is -1.98. The van der Waals surface area contributed by atoms with E-state index in [9.17, 15) is 0 Å². The van der Waals surface area contributed by atoms with Crippen molar-refractivity contribution < 1.29 is 0 Å². The first-order chi connectivity index (χ1) is 9.24. The van der Waals surface area contributed by atoms with E-state index in [-0.39, 0.29) is 5.82 Å². The van der Waals surface area contributed by atoms with Crippen LogP contribution >= 0.6 is 11.6 Å². The third-order valence-electron chi connectivity index (χ3n) is 2.83. The molecule has 1 aromatic carbocycles. The van der Waals surface area contributed by atoms with Crippen LogP contribution < -0.4 is 0 Å². The Balaban J connectivity index is 1.93. The molecule has 3 rings (SSSR count). The monoisotopic (exact) mass is 268 g/mol. The molecule has 0 aliphatic heterocycles. The number of rotatable bonds is 2. The molecule has 5 heteroatoms. The topological polar surface area (TPSA) is 65.4 Å². The van der Waals surface area contributed by atoms with Crippen molar-refractivity contribution in [1.82, 2.24) is 15.0 Å². The van der Waals surface area contributed by atoms with Gasteiger partial charge < -0.3 is 4.98 Å². The molecule has 0 amide bonds. The summed E-state index contributed by atoms with van der Waals surface area (Å²) in [6.45, 7) is 0. The Labute approximate surface area is 114 Å². The van der Waals surface area contributed by atoms with Gasteiger partial charge in [-0.3, -0.25) is 0 Å². The van der Waals surface area contributed by atoms with Gasteiger partial charge in [0.05, 0.1) is 0 Å². The Hall–Kier alpha value is -2.38. The summed E-state index contributed by atoms with van der Waals surface area (Å²) < 4.78 is 0. The number of fused-ring (bicyclic) bond motifs is 1. The van der Waals surface area contributed by atoms with Gasteiger partial charge in [0, 0.05) is 28.7 Å². The minimum Gasteiger partial charge on any atom is -0.343 e. The molecule has 0 saturated carbocycles. The average Bonchev–Trinajstić information content (AvgIpc) is 2.82. The number of hydrogen-bond donors (Lipinski definition) is 1. The molecule has 2 aromatic heterocycles. The van der Waals surface area contributed by atoms with Crippen LogP contribution in [0.4, 0.5) is 0 Å². The van der Waals surface area contributed by atoms with Gasteiger partial charge in [0.1, 0.15) is 11.7 Å². The van der Waals surface area contributed by atoms with Gasteiger partial charge in [-0.25, -0.2) is 9.97 Å². The minimum absolute atomic E-state index is 0.174. The van der Waals surface area contributed by atoms with E-state index in [4.69, 9.17) is 16.9 Å². The number of nitrogens with zero attached hydrogens (tertiary/aromatic N) is 3. The zero-order valence-corrected chi connectivity index (χ0v) is 10.6. The van der Waals surface area contributed by atoms with Crippen LogP contribution in [-0.2, 0) is 6.42 Å². The molecule has 19 heavy (non-hydrogen) atoms. The van der Waals surface area contributed by atoms with Gasteiger partial charge in [-0.2, -0.15) is 5.26 Å². The maximum Gasteiger partial charge on any atom is 0.234 e. The summed E-state index contributed by atoms with van der Waals surface area (Å²) >= 11 is 5.86. The van der Waals surface area contributed by atoms with Crippen LogP contribution in [0.1, 0.15) is 17.1 Å².